The van der Waals surface area contributed by atoms with Crippen LogP contribution in [0.3, 0.4) is 0 Å². The Morgan fingerprint density at radius 1 is 1.47 bits per heavy atom. The summed E-state index contributed by atoms with van der Waals surface area (Å²) in [4.78, 5) is 11.0. The number of hydrogen-bond acceptors (Lipinski definition) is 2. The maximum Gasteiger partial charge on any atom is 0.244 e. The SMILES string of the molecule is C=C(C)C(Nc1ccc(F)cc1)C(N)=O. The Kier molecular flexibility index (Phi) is 3.44. The molecule has 0 aromatic heterocycles. The molecule has 0 aliphatic carbocycles. The topological polar surface area (TPSA) is 55.1 Å². The van der Waals surface area contributed by atoms with Crippen molar-refractivity contribution in [2.75, 3.05) is 5.32 Å². The van der Waals surface area contributed by atoms with Crippen LogP contribution in [-0.4, -0.2) is 11.9 Å². The molecular formula is C11H13FN2O. The van der Waals surface area contributed by atoms with E-state index >= 15 is 0 Å². The minimum atomic E-state index is -0.629. The maximum atomic E-state index is 12.6. The number of nitrogens with one attached hydrogen (secondary N) is 1. The van der Waals surface area contributed by atoms with Gasteiger partial charge in [-0.05, 0) is 36.8 Å². The van der Waals surface area contributed by atoms with Gasteiger partial charge in [0.05, 0.1) is 0 Å². The number of nitrogens with two attached hydrogens (primary N) is 1. The van der Waals surface area contributed by atoms with Crippen LogP contribution in [0.25, 0.3) is 0 Å². The standard InChI is InChI=1S/C11H13FN2O/c1-7(2)10(11(13)15)14-9-5-3-8(12)4-6-9/h3-6,10,14H,1H2,2H3,(H2,13,15). The van der Waals surface area contributed by atoms with Crippen molar-refractivity contribution in [2.24, 2.45) is 5.73 Å². The average molecular weight is 208 g/mol. The van der Waals surface area contributed by atoms with E-state index in [0.717, 1.165) is 0 Å². The number of anilines is 1. The molecule has 0 saturated heterocycles. The van der Waals surface area contributed by atoms with Crippen molar-refractivity contribution in [2.45, 2.75) is 13.0 Å². The summed E-state index contributed by atoms with van der Waals surface area (Å²) >= 11 is 0. The molecule has 1 aromatic rings. The molecule has 1 amide bonds. The van der Waals surface area contributed by atoms with Crippen molar-refractivity contribution in [3.63, 3.8) is 0 Å². The van der Waals surface area contributed by atoms with Crippen molar-refractivity contribution < 1.29 is 9.18 Å². The van der Waals surface area contributed by atoms with Crippen LogP contribution in [-0.2, 0) is 4.79 Å². The summed E-state index contributed by atoms with van der Waals surface area (Å²) in [7, 11) is 0. The van der Waals surface area contributed by atoms with E-state index in [-0.39, 0.29) is 5.82 Å². The maximum absolute atomic E-state index is 12.6. The lowest BCUT2D eigenvalue weighted by Gasteiger charge is -2.16. The second-order valence-electron chi connectivity index (χ2n) is 3.33. The molecule has 1 unspecified atom stereocenters. The number of primary amides is 1. The Hall–Kier alpha value is -1.84. The third-order valence-electron chi connectivity index (χ3n) is 1.93. The van der Waals surface area contributed by atoms with Gasteiger partial charge in [0, 0.05) is 5.69 Å². The van der Waals surface area contributed by atoms with Crippen molar-refractivity contribution >= 4 is 11.6 Å². The molecular weight excluding hydrogens is 195 g/mol. The van der Waals surface area contributed by atoms with Crippen LogP contribution in [0.5, 0.6) is 0 Å². The normalized spacial score (nSPS) is 11.9. The first kappa shape index (κ1) is 11.2. The van der Waals surface area contributed by atoms with Crippen molar-refractivity contribution in [3.8, 4) is 0 Å². The van der Waals surface area contributed by atoms with Crippen LogP contribution >= 0.6 is 0 Å². The molecule has 0 spiro atoms. The summed E-state index contributed by atoms with van der Waals surface area (Å²) in [5.41, 5.74) is 6.42. The fourth-order valence-corrected chi connectivity index (χ4v) is 1.15. The lowest BCUT2D eigenvalue weighted by molar-refractivity contribution is -0.118. The zero-order valence-electron chi connectivity index (χ0n) is 8.46. The van der Waals surface area contributed by atoms with E-state index in [1.54, 1.807) is 6.92 Å². The largest absolute Gasteiger partial charge is 0.370 e. The Morgan fingerprint density at radius 3 is 2.40 bits per heavy atom. The van der Waals surface area contributed by atoms with E-state index in [0.29, 0.717) is 11.3 Å². The quantitative estimate of drug-likeness (QED) is 0.739. The minimum Gasteiger partial charge on any atom is -0.370 e. The minimum absolute atomic E-state index is 0.327. The van der Waals surface area contributed by atoms with Gasteiger partial charge in [0.2, 0.25) is 5.91 Å². The number of hydrogen-bond donors (Lipinski definition) is 2. The zero-order valence-corrected chi connectivity index (χ0v) is 8.46. The van der Waals surface area contributed by atoms with Crippen LogP contribution in [0.1, 0.15) is 6.92 Å². The fourth-order valence-electron chi connectivity index (χ4n) is 1.15. The summed E-state index contributed by atoms with van der Waals surface area (Å²) in [6, 6.07) is 5.05. The van der Waals surface area contributed by atoms with E-state index in [4.69, 9.17) is 5.73 Å². The van der Waals surface area contributed by atoms with Gasteiger partial charge in [-0.15, -0.1) is 0 Å². The van der Waals surface area contributed by atoms with Gasteiger partial charge in [-0.2, -0.15) is 0 Å². The molecule has 1 rings (SSSR count). The second-order valence-corrected chi connectivity index (χ2v) is 3.33. The van der Waals surface area contributed by atoms with E-state index in [1.165, 1.54) is 24.3 Å². The number of amides is 1. The molecule has 80 valence electrons. The highest BCUT2D eigenvalue weighted by molar-refractivity contribution is 5.86. The predicted molar refractivity (Wildman–Crippen MR) is 57.8 cm³/mol. The highest BCUT2D eigenvalue weighted by atomic mass is 19.1. The Bertz CT molecular complexity index is 359. The van der Waals surface area contributed by atoms with Crippen molar-refractivity contribution in [1.29, 1.82) is 0 Å². The number of carbonyl (C=O) groups is 1. The Morgan fingerprint density at radius 2 is 2.00 bits per heavy atom. The van der Waals surface area contributed by atoms with Crippen LogP contribution in [0, 0.1) is 5.82 Å². The number of rotatable bonds is 4. The van der Waals surface area contributed by atoms with Crippen molar-refractivity contribution in [3.05, 3.63) is 42.2 Å². The molecule has 0 saturated carbocycles. The Balaban J connectivity index is 2.79. The van der Waals surface area contributed by atoms with E-state index in [9.17, 15) is 9.18 Å². The molecule has 0 radical (unpaired) electrons. The van der Waals surface area contributed by atoms with Crippen LogP contribution in [0.4, 0.5) is 10.1 Å². The van der Waals surface area contributed by atoms with Gasteiger partial charge in [-0.1, -0.05) is 6.58 Å². The summed E-state index contributed by atoms with van der Waals surface area (Å²) in [5, 5.41) is 2.86. The predicted octanol–water partition coefficient (Wildman–Crippen LogP) is 1.67. The van der Waals surface area contributed by atoms with Gasteiger partial charge in [0.25, 0.3) is 0 Å². The molecule has 3 nitrogen and oxygen atoms in total. The third kappa shape index (κ3) is 3.09. The molecule has 4 heteroatoms. The number of halogens is 1. The summed E-state index contributed by atoms with van der Waals surface area (Å²) in [6.07, 6.45) is 0. The molecule has 0 heterocycles. The van der Waals surface area contributed by atoms with Gasteiger partial charge < -0.3 is 11.1 Å². The van der Waals surface area contributed by atoms with Crippen LogP contribution < -0.4 is 11.1 Å². The summed E-state index contributed by atoms with van der Waals surface area (Å²) < 4.78 is 12.6. The first-order chi connectivity index (χ1) is 7.00. The molecule has 0 aliphatic heterocycles. The highest BCUT2D eigenvalue weighted by Gasteiger charge is 2.15. The molecule has 1 aromatic carbocycles. The van der Waals surface area contributed by atoms with E-state index in [1.807, 2.05) is 0 Å². The monoisotopic (exact) mass is 208 g/mol. The smallest absolute Gasteiger partial charge is 0.244 e. The first-order valence-corrected chi connectivity index (χ1v) is 4.47. The van der Waals surface area contributed by atoms with Gasteiger partial charge in [-0.25, -0.2) is 4.39 Å². The van der Waals surface area contributed by atoms with Gasteiger partial charge in [0.1, 0.15) is 11.9 Å². The van der Waals surface area contributed by atoms with E-state index in [2.05, 4.69) is 11.9 Å². The molecule has 15 heavy (non-hydrogen) atoms. The summed E-state index contributed by atoms with van der Waals surface area (Å²) in [5.74, 6) is -0.835. The number of carbonyl (C=O) groups excluding carboxylic acids is 1. The van der Waals surface area contributed by atoms with Gasteiger partial charge in [0.15, 0.2) is 0 Å². The Labute approximate surface area is 87.8 Å². The average Bonchev–Trinajstić information content (AvgIpc) is 2.15. The van der Waals surface area contributed by atoms with Gasteiger partial charge >= 0.3 is 0 Å². The lowest BCUT2D eigenvalue weighted by atomic mass is 10.1. The molecule has 1 atom stereocenters. The van der Waals surface area contributed by atoms with Crippen LogP contribution in [0.2, 0.25) is 0 Å². The third-order valence-corrected chi connectivity index (χ3v) is 1.93. The second kappa shape index (κ2) is 4.59. The van der Waals surface area contributed by atoms with Gasteiger partial charge in [-0.3, -0.25) is 4.79 Å². The van der Waals surface area contributed by atoms with Crippen LogP contribution in [0.15, 0.2) is 36.4 Å². The van der Waals surface area contributed by atoms with E-state index < -0.39 is 11.9 Å². The first-order valence-electron chi connectivity index (χ1n) is 4.47. The number of benzene rings is 1. The summed E-state index contributed by atoms with van der Waals surface area (Å²) in [6.45, 7) is 5.35. The zero-order chi connectivity index (χ0) is 11.4. The lowest BCUT2D eigenvalue weighted by Crippen LogP contribution is -2.36. The molecule has 0 aliphatic rings. The molecule has 0 fully saturated rings. The highest BCUT2D eigenvalue weighted by Crippen LogP contribution is 2.12. The molecule has 0 bridgehead atoms. The molecule has 3 N–H and O–H groups in total. The fraction of sp³-hybridized carbons (Fsp3) is 0.182. The van der Waals surface area contributed by atoms with Crippen molar-refractivity contribution in [1.82, 2.24) is 0 Å².